The summed E-state index contributed by atoms with van der Waals surface area (Å²) in [6.45, 7) is -0.704. The molecule has 0 amide bonds. The molecule has 0 bridgehead atoms. The van der Waals surface area contributed by atoms with Crippen molar-refractivity contribution in [1.82, 2.24) is 0 Å². The summed E-state index contributed by atoms with van der Waals surface area (Å²) in [5, 5.41) is 58.5. The van der Waals surface area contributed by atoms with Crippen molar-refractivity contribution in [1.29, 1.82) is 0 Å². The van der Waals surface area contributed by atoms with Gasteiger partial charge in [-0.25, -0.2) is 0 Å². The van der Waals surface area contributed by atoms with E-state index in [1.807, 2.05) is 0 Å². The average Bonchev–Trinajstić information content (AvgIpc) is 2.92. The van der Waals surface area contributed by atoms with Gasteiger partial charge in [-0.2, -0.15) is 0 Å². The molecule has 9 heteroatoms. The van der Waals surface area contributed by atoms with Gasteiger partial charge in [-0.3, -0.25) is 0 Å². The highest BCUT2D eigenvalue weighted by Crippen LogP contribution is 2.44. The minimum Gasteiger partial charge on any atom is -0.472 e. The van der Waals surface area contributed by atoms with Gasteiger partial charge in [0.2, 0.25) is 6.29 Å². The third-order valence-electron chi connectivity index (χ3n) is 5.16. The van der Waals surface area contributed by atoms with Gasteiger partial charge in [0.05, 0.1) is 19.0 Å². The van der Waals surface area contributed by atoms with Crippen molar-refractivity contribution >= 4 is 0 Å². The maximum Gasteiger partial charge on any atom is 0.205 e. The van der Waals surface area contributed by atoms with E-state index in [0.717, 1.165) is 0 Å². The van der Waals surface area contributed by atoms with Crippen LogP contribution in [0.1, 0.15) is 6.42 Å². The van der Waals surface area contributed by atoms with Crippen molar-refractivity contribution in [3.63, 3.8) is 0 Å². The molecule has 0 aromatic heterocycles. The smallest absolute Gasteiger partial charge is 0.205 e. The second-order valence-electron chi connectivity index (χ2n) is 6.57. The van der Waals surface area contributed by atoms with Gasteiger partial charge in [-0.05, 0) is 18.4 Å². The molecule has 0 aromatic rings. The Hall–Kier alpha value is -0.780. The maximum atomic E-state index is 10.1. The van der Waals surface area contributed by atoms with Crippen LogP contribution in [0.25, 0.3) is 0 Å². The van der Waals surface area contributed by atoms with Crippen LogP contribution >= 0.6 is 0 Å². The fourth-order valence-corrected chi connectivity index (χ4v) is 3.79. The van der Waals surface area contributed by atoms with Crippen molar-refractivity contribution < 1.29 is 44.8 Å². The van der Waals surface area contributed by atoms with E-state index in [0.29, 0.717) is 6.42 Å². The molecule has 24 heavy (non-hydrogen) atoms. The first-order valence-electron chi connectivity index (χ1n) is 8.05. The fraction of sp³-hybridized carbons (Fsp3) is 0.867. The largest absolute Gasteiger partial charge is 0.472 e. The normalized spacial score (nSPS) is 51.2. The van der Waals surface area contributed by atoms with E-state index < -0.39 is 49.7 Å². The number of aliphatic hydroxyl groups excluding tert-OH is 6. The summed E-state index contributed by atoms with van der Waals surface area (Å²) in [6.07, 6.45) is -4.99. The zero-order chi connectivity index (χ0) is 17.4. The summed E-state index contributed by atoms with van der Waals surface area (Å²) >= 11 is 0. The molecule has 138 valence electrons. The standard InChI is InChI=1S/C15H24O9/c16-4-6-3-8(18)7-1-2-22-14(10(6)7)24-15-13(21)12(20)11(19)9(5-17)23-15/h1-2,6-21H,3-5H2/t6?,7-,8+,9+,10+,11+,12-,13+,14-,15-/m0/s1. The van der Waals surface area contributed by atoms with Crippen LogP contribution < -0.4 is 0 Å². The third-order valence-corrected chi connectivity index (χ3v) is 5.16. The molecule has 3 aliphatic rings. The van der Waals surface area contributed by atoms with Gasteiger partial charge in [0.25, 0.3) is 0 Å². The zero-order valence-electron chi connectivity index (χ0n) is 13.0. The van der Waals surface area contributed by atoms with E-state index in [2.05, 4.69) is 0 Å². The van der Waals surface area contributed by atoms with Gasteiger partial charge in [0.15, 0.2) is 6.29 Å². The molecule has 0 spiro atoms. The number of hydrogen-bond acceptors (Lipinski definition) is 9. The molecule has 2 fully saturated rings. The summed E-state index contributed by atoms with van der Waals surface area (Å²) in [5.41, 5.74) is 0. The van der Waals surface area contributed by atoms with Crippen LogP contribution in [0.4, 0.5) is 0 Å². The molecular formula is C15H24O9. The first-order chi connectivity index (χ1) is 11.5. The molecular weight excluding hydrogens is 324 g/mol. The Morgan fingerprint density at radius 2 is 1.71 bits per heavy atom. The van der Waals surface area contributed by atoms with Gasteiger partial charge in [0, 0.05) is 18.4 Å². The second-order valence-corrected chi connectivity index (χ2v) is 6.57. The van der Waals surface area contributed by atoms with E-state index in [9.17, 15) is 30.6 Å². The van der Waals surface area contributed by atoms with E-state index in [4.69, 9.17) is 14.2 Å². The van der Waals surface area contributed by atoms with Crippen LogP contribution in [0.5, 0.6) is 0 Å². The first kappa shape index (κ1) is 18.0. The van der Waals surface area contributed by atoms with Gasteiger partial charge < -0.3 is 44.8 Å². The minimum atomic E-state index is -1.54. The van der Waals surface area contributed by atoms with Gasteiger partial charge >= 0.3 is 0 Å². The van der Waals surface area contributed by atoms with Crippen LogP contribution in [0, 0.1) is 17.8 Å². The quantitative estimate of drug-likeness (QED) is 0.318. The predicted molar refractivity (Wildman–Crippen MR) is 77.0 cm³/mol. The lowest BCUT2D eigenvalue weighted by atomic mass is 9.87. The lowest BCUT2D eigenvalue weighted by Crippen LogP contribution is -2.60. The number of ether oxygens (including phenoxy) is 3. The van der Waals surface area contributed by atoms with Crippen molar-refractivity contribution in [3.8, 4) is 0 Å². The molecule has 1 saturated heterocycles. The Morgan fingerprint density at radius 1 is 0.958 bits per heavy atom. The molecule has 1 aliphatic carbocycles. The van der Waals surface area contributed by atoms with Crippen LogP contribution in [-0.2, 0) is 14.2 Å². The molecule has 2 heterocycles. The Labute approximate surface area is 138 Å². The third kappa shape index (κ3) is 3.06. The van der Waals surface area contributed by atoms with Crippen molar-refractivity contribution in [2.75, 3.05) is 13.2 Å². The number of aliphatic hydroxyl groups is 6. The summed E-state index contributed by atoms with van der Waals surface area (Å²) in [6, 6.07) is 0. The van der Waals surface area contributed by atoms with Crippen molar-refractivity contribution in [3.05, 3.63) is 12.3 Å². The van der Waals surface area contributed by atoms with Gasteiger partial charge in [-0.15, -0.1) is 0 Å². The molecule has 10 atom stereocenters. The van der Waals surface area contributed by atoms with Crippen LogP contribution in [-0.4, -0.2) is 87.0 Å². The summed E-state index contributed by atoms with van der Waals surface area (Å²) in [5.74, 6) is -0.849. The monoisotopic (exact) mass is 348 g/mol. The van der Waals surface area contributed by atoms with E-state index in [-0.39, 0.29) is 24.4 Å². The molecule has 3 rings (SSSR count). The van der Waals surface area contributed by atoms with E-state index >= 15 is 0 Å². The average molecular weight is 348 g/mol. The van der Waals surface area contributed by atoms with Crippen molar-refractivity contribution in [2.45, 2.75) is 49.5 Å². The SMILES string of the molecule is OCC1C[C@@H](O)[C@@H]2C=CO[C@@H](O[C@@H]3O[C@H](CO)[C@@H](O)[C@H](O)[C@H]3O)[C@H]12. The Kier molecular flexibility index (Phi) is 5.42. The lowest BCUT2D eigenvalue weighted by molar-refractivity contribution is -0.342. The maximum absolute atomic E-state index is 10.1. The van der Waals surface area contributed by atoms with E-state index in [1.165, 1.54) is 6.26 Å². The highest BCUT2D eigenvalue weighted by molar-refractivity contribution is 5.05. The predicted octanol–water partition coefficient (Wildman–Crippen LogP) is -2.72. The number of hydrogen-bond donors (Lipinski definition) is 6. The minimum absolute atomic E-state index is 0.149. The Balaban J connectivity index is 1.73. The molecule has 1 unspecified atom stereocenters. The lowest BCUT2D eigenvalue weighted by Gasteiger charge is -2.42. The number of rotatable bonds is 4. The summed E-state index contributed by atoms with van der Waals surface area (Å²) < 4.78 is 16.4. The number of fused-ring (bicyclic) bond motifs is 1. The van der Waals surface area contributed by atoms with Crippen LogP contribution in [0.3, 0.4) is 0 Å². The highest BCUT2D eigenvalue weighted by Gasteiger charge is 2.51. The topological polar surface area (TPSA) is 149 Å². The summed E-state index contributed by atoms with van der Waals surface area (Å²) in [7, 11) is 0. The molecule has 1 saturated carbocycles. The zero-order valence-corrected chi connectivity index (χ0v) is 13.0. The van der Waals surface area contributed by atoms with Crippen LogP contribution in [0.15, 0.2) is 12.3 Å². The molecule has 9 nitrogen and oxygen atoms in total. The first-order valence-corrected chi connectivity index (χ1v) is 8.05. The highest BCUT2D eigenvalue weighted by atomic mass is 16.8. The molecule has 6 N–H and O–H groups in total. The molecule has 0 aromatic carbocycles. The van der Waals surface area contributed by atoms with E-state index in [1.54, 1.807) is 6.08 Å². The van der Waals surface area contributed by atoms with Crippen molar-refractivity contribution in [2.24, 2.45) is 17.8 Å². The van der Waals surface area contributed by atoms with Crippen LogP contribution in [0.2, 0.25) is 0 Å². The Bertz CT molecular complexity index is 456. The van der Waals surface area contributed by atoms with Gasteiger partial charge in [0.1, 0.15) is 24.4 Å². The fourth-order valence-electron chi connectivity index (χ4n) is 3.79. The summed E-state index contributed by atoms with van der Waals surface area (Å²) in [4.78, 5) is 0. The van der Waals surface area contributed by atoms with Gasteiger partial charge in [-0.1, -0.05) is 0 Å². The molecule has 2 aliphatic heterocycles. The second kappa shape index (κ2) is 7.22. The molecule has 0 radical (unpaired) electrons. The Morgan fingerprint density at radius 3 is 2.38 bits per heavy atom.